The molecule has 0 N–H and O–H groups in total. The van der Waals surface area contributed by atoms with Gasteiger partial charge >= 0.3 is 0 Å². The predicted molar refractivity (Wildman–Crippen MR) is 102 cm³/mol. The van der Waals surface area contributed by atoms with Crippen LogP contribution in [0.15, 0.2) is 42.5 Å². The molecule has 136 valence electrons. The number of fused-ring (bicyclic) bond motifs is 1. The summed E-state index contributed by atoms with van der Waals surface area (Å²) < 4.78 is 40.5. The van der Waals surface area contributed by atoms with E-state index < -0.39 is 17.5 Å². The number of hydrogen-bond acceptors (Lipinski definition) is 2. The molecule has 0 saturated carbocycles. The molecule has 4 rings (SSSR count). The highest BCUT2D eigenvalue weighted by Crippen LogP contribution is 2.40. The molecular weight excluding hydrogens is 371 g/mol. The molecule has 0 radical (unpaired) electrons. The summed E-state index contributed by atoms with van der Waals surface area (Å²) in [5.74, 6) is -4.14. The van der Waals surface area contributed by atoms with Gasteiger partial charge in [-0.2, -0.15) is 0 Å². The van der Waals surface area contributed by atoms with Crippen LogP contribution in [0.3, 0.4) is 0 Å². The highest BCUT2D eigenvalue weighted by molar-refractivity contribution is 7.12. The van der Waals surface area contributed by atoms with Crippen molar-refractivity contribution in [2.45, 2.75) is 6.92 Å². The maximum absolute atomic E-state index is 13.6. The molecule has 1 aromatic heterocycles. The van der Waals surface area contributed by atoms with Gasteiger partial charge in [0, 0.05) is 22.4 Å². The van der Waals surface area contributed by atoms with Crippen molar-refractivity contribution in [3.63, 3.8) is 0 Å². The summed E-state index contributed by atoms with van der Waals surface area (Å²) in [4.78, 5) is 16.3. The molecular formula is C21H14F3NOS. The molecule has 0 atom stereocenters. The topological polar surface area (TPSA) is 20.3 Å². The average molecular weight is 385 g/mol. The number of halogens is 3. The van der Waals surface area contributed by atoms with Crippen molar-refractivity contribution in [3.05, 3.63) is 75.2 Å². The molecule has 2 nitrogen and oxygen atoms in total. The van der Waals surface area contributed by atoms with Crippen molar-refractivity contribution in [2.24, 2.45) is 0 Å². The highest BCUT2D eigenvalue weighted by Gasteiger charge is 2.30. The Bertz CT molecular complexity index is 1090. The third-order valence-electron chi connectivity index (χ3n) is 4.55. The fraction of sp³-hybridized carbons (Fsp3) is 0.0952. The number of hydrogen-bond donors (Lipinski definition) is 0. The maximum Gasteiger partial charge on any atom is 0.258 e. The first-order chi connectivity index (χ1) is 12.8. The summed E-state index contributed by atoms with van der Waals surface area (Å²) in [6, 6.07) is 10.9. The van der Waals surface area contributed by atoms with Crippen LogP contribution in [0.25, 0.3) is 22.8 Å². The van der Waals surface area contributed by atoms with Gasteiger partial charge in [-0.25, -0.2) is 13.2 Å². The van der Waals surface area contributed by atoms with E-state index in [1.54, 1.807) is 36.6 Å². The van der Waals surface area contributed by atoms with Gasteiger partial charge in [0.15, 0.2) is 17.5 Å². The number of carbonyl (C=O) groups is 1. The molecule has 0 aliphatic carbocycles. The minimum atomic E-state index is -1.50. The van der Waals surface area contributed by atoms with Gasteiger partial charge < -0.3 is 4.90 Å². The summed E-state index contributed by atoms with van der Waals surface area (Å²) in [6.07, 6.45) is 1.82. The Labute approximate surface area is 158 Å². The van der Waals surface area contributed by atoms with Crippen molar-refractivity contribution in [1.82, 2.24) is 0 Å². The van der Waals surface area contributed by atoms with Gasteiger partial charge in [-0.1, -0.05) is 6.07 Å². The van der Waals surface area contributed by atoms with Crippen LogP contribution in [-0.2, 0) is 4.79 Å². The Kier molecular flexibility index (Phi) is 4.15. The van der Waals surface area contributed by atoms with Crippen LogP contribution in [0.2, 0.25) is 0 Å². The number of thiophene rings is 1. The highest BCUT2D eigenvalue weighted by atomic mass is 32.1. The van der Waals surface area contributed by atoms with Crippen LogP contribution in [0, 0.1) is 24.4 Å². The van der Waals surface area contributed by atoms with Crippen molar-refractivity contribution >= 4 is 34.6 Å². The second-order valence-electron chi connectivity index (χ2n) is 6.36. The molecule has 2 heterocycles. The second kappa shape index (κ2) is 6.39. The van der Waals surface area contributed by atoms with Crippen molar-refractivity contribution in [2.75, 3.05) is 11.9 Å². The lowest BCUT2D eigenvalue weighted by Crippen LogP contribution is -2.20. The van der Waals surface area contributed by atoms with E-state index in [9.17, 15) is 18.0 Å². The van der Waals surface area contributed by atoms with Gasteiger partial charge in [0.2, 0.25) is 0 Å². The van der Waals surface area contributed by atoms with E-state index in [0.717, 1.165) is 21.9 Å². The third-order valence-corrected chi connectivity index (χ3v) is 5.50. The van der Waals surface area contributed by atoms with Gasteiger partial charge in [-0.3, -0.25) is 4.79 Å². The summed E-state index contributed by atoms with van der Waals surface area (Å²) in [5.41, 5.74) is 2.62. The van der Waals surface area contributed by atoms with Gasteiger partial charge in [-0.05, 0) is 60.5 Å². The molecule has 1 aliphatic heterocycles. The predicted octanol–water partition coefficient (Wildman–Crippen LogP) is 5.66. The normalized spacial score (nSPS) is 14.9. The molecule has 1 amide bonds. The maximum atomic E-state index is 13.6. The fourth-order valence-corrected chi connectivity index (χ4v) is 3.98. The zero-order valence-corrected chi connectivity index (χ0v) is 15.3. The lowest BCUT2D eigenvalue weighted by Gasteiger charge is -2.10. The van der Waals surface area contributed by atoms with E-state index in [1.807, 2.05) is 25.1 Å². The molecule has 0 unspecified atom stereocenters. The Morgan fingerprint density at radius 2 is 1.67 bits per heavy atom. The van der Waals surface area contributed by atoms with Gasteiger partial charge in [0.05, 0.1) is 11.3 Å². The van der Waals surface area contributed by atoms with Crippen LogP contribution in [0.5, 0.6) is 0 Å². The molecule has 6 heteroatoms. The van der Waals surface area contributed by atoms with Crippen molar-refractivity contribution < 1.29 is 18.0 Å². The lowest BCUT2D eigenvalue weighted by atomic mass is 9.99. The number of amides is 1. The van der Waals surface area contributed by atoms with Gasteiger partial charge in [0.1, 0.15) is 0 Å². The molecule has 1 aliphatic rings. The largest absolute Gasteiger partial charge is 0.311 e. The first-order valence-corrected chi connectivity index (χ1v) is 9.02. The zero-order valence-electron chi connectivity index (χ0n) is 14.5. The Morgan fingerprint density at radius 3 is 2.30 bits per heavy atom. The minimum Gasteiger partial charge on any atom is -0.311 e. The summed E-state index contributed by atoms with van der Waals surface area (Å²) in [5, 5.41) is 0. The standard InChI is InChI=1S/C21H14F3NOS/c1-11-3-5-14(27-11)10-16-15-7-12(4-6-19(15)25(2)21(16)26)13-8-17(22)20(24)18(23)9-13/h3-10H,1-2H3/b16-10-. The van der Waals surface area contributed by atoms with Crippen LogP contribution in [0.4, 0.5) is 18.9 Å². The number of benzene rings is 2. The van der Waals surface area contributed by atoms with Crippen LogP contribution >= 0.6 is 11.3 Å². The van der Waals surface area contributed by atoms with Crippen LogP contribution < -0.4 is 4.90 Å². The van der Waals surface area contributed by atoms with Crippen molar-refractivity contribution in [3.8, 4) is 11.1 Å². The Balaban J connectivity index is 1.85. The summed E-state index contributed by atoms with van der Waals surface area (Å²) in [6.45, 7) is 1.99. The van der Waals surface area contributed by atoms with Crippen LogP contribution in [0.1, 0.15) is 15.3 Å². The molecule has 27 heavy (non-hydrogen) atoms. The Morgan fingerprint density at radius 1 is 0.963 bits per heavy atom. The molecule has 0 bridgehead atoms. The SMILES string of the molecule is Cc1ccc(/C=C2\C(=O)N(C)c3ccc(-c4cc(F)c(F)c(F)c4)cc32)s1. The smallest absolute Gasteiger partial charge is 0.258 e. The lowest BCUT2D eigenvalue weighted by molar-refractivity contribution is -0.112. The summed E-state index contributed by atoms with van der Waals surface area (Å²) >= 11 is 1.57. The first-order valence-electron chi connectivity index (χ1n) is 8.20. The van der Waals surface area contributed by atoms with Gasteiger partial charge in [-0.15, -0.1) is 11.3 Å². The molecule has 2 aromatic carbocycles. The van der Waals surface area contributed by atoms with Crippen molar-refractivity contribution in [1.29, 1.82) is 0 Å². The number of nitrogens with zero attached hydrogens (tertiary/aromatic N) is 1. The van der Waals surface area contributed by atoms with E-state index in [4.69, 9.17) is 0 Å². The number of rotatable bonds is 2. The minimum absolute atomic E-state index is 0.148. The zero-order chi connectivity index (χ0) is 19.3. The van der Waals surface area contributed by atoms with E-state index in [1.165, 1.54) is 4.90 Å². The molecule has 3 aromatic rings. The third kappa shape index (κ3) is 2.96. The Hall–Kier alpha value is -2.86. The molecule has 0 saturated heterocycles. The number of carbonyl (C=O) groups excluding carboxylic acids is 1. The monoisotopic (exact) mass is 385 g/mol. The average Bonchev–Trinajstić information content (AvgIpc) is 3.16. The molecule has 0 fully saturated rings. The quantitative estimate of drug-likeness (QED) is 0.412. The fourth-order valence-electron chi connectivity index (χ4n) is 3.16. The number of likely N-dealkylation sites (N-methyl/N-ethyl adjacent to an activating group) is 1. The van der Waals surface area contributed by atoms with E-state index in [2.05, 4.69) is 0 Å². The molecule has 0 spiro atoms. The first kappa shape index (κ1) is 17.5. The second-order valence-corrected chi connectivity index (χ2v) is 7.68. The number of aryl methyl sites for hydroxylation is 1. The van der Waals surface area contributed by atoms with E-state index in [0.29, 0.717) is 22.4 Å². The van der Waals surface area contributed by atoms with E-state index >= 15 is 0 Å². The van der Waals surface area contributed by atoms with E-state index in [-0.39, 0.29) is 11.5 Å². The summed E-state index contributed by atoms with van der Waals surface area (Å²) in [7, 11) is 1.68. The van der Waals surface area contributed by atoms with Gasteiger partial charge in [0.25, 0.3) is 5.91 Å². The number of anilines is 1. The van der Waals surface area contributed by atoms with Crippen LogP contribution in [-0.4, -0.2) is 13.0 Å².